The third-order valence-corrected chi connectivity index (χ3v) is 4.23. The Balaban J connectivity index is 2.00. The van der Waals surface area contributed by atoms with E-state index in [1.807, 2.05) is 42.5 Å². The normalized spacial score (nSPS) is 10.5. The zero-order chi connectivity index (χ0) is 14.8. The molecule has 6 heteroatoms. The fourth-order valence-electron chi connectivity index (χ4n) is 1.85. The van der Waals surface area contributed by atoms with Crippen LogP contribution >= 0.6 is 27.3 Å². The lowest BCUT2D eigenvalue weighted by Gasteiger charge is -2.00. The van der Waals surface area contributed by atoms with Gasteiger partial charge in [0, 0.05) is 10.0 Å². The van der Waals surface area contributed by atoms with E-state index in [2.05, 4.69) is 21.0 Å². The number of aromatic nitrogens is 2. The molecule has 0 bridgehead atoms. The molecule has 0 aliphatic carbocycles. The quantitative estimate of drug-likeness (QED) is 0.728. The molecule has 4 nitrogen and oxygen atoms in total. The molecule has 1 heterocycles. The minimum absolute atomic E-state index is 0.162. The van der Waals surface area contributed by atoms with Crippen molar-refractivity contribution in [2.75, 3.05) is 0 Å². The second-order valence-corrected chi connectivity index (χ2v) is 6.19. The molecular formula is C15H10BrN3OS. The maximum Gasteiger partial charge on any atom is 0.223 e. The van der Waals surface area contributed by atoms with Crippen LogP contribution in [0.5, 0.6) is 0 Å². The highest BCUT2D eigenvalue weighted by atomic mass is 79.9. The number of nitrogens with one attached hydrogen (secondary N) is 1. The van der Waals surface area contributed by atoms with Crippen LogP contribution in [0.2, 0.25) is 0 Å². The molecule has 1 aromatic heterocycles. The minimum Gasteiger partial charge on any atom is -0.286 e. The number of nitrogens with zero attached hydrogens (tertiary/aromatic N) is 2. The number of rotatable bonds is 3. The van der Waals surface area contributed by atoms with Crippen LogP contribution in [-0.4, -0.2) is 15.6 Å². The van der Waals surface area contributed by atoms with E-state index in [4.69, 9.17) is 5.41 Å². The standard InChI is InChI=1S/C15H10BrN3OS/c16-11-6-8-12(9-7-11)19-15(17)21-14(18-19)13(20)10-4-2-1-3-5-10/h1-9,17H. The zero-order valence-corrected chi connectivity index (χ0v) is 13.2. The summed E-state index contributed by atoms with van der Waals surface area (Å²) < 4.78 is 2.42. The highest BCUT2D eigenvalue weighted by Gasteiger charge is 2.15. The van der Waals surface area contributed by atoms with Crippen molar-refractivity contribution in [2.24, 2.45) is 0 Å². The Morgan fingerprint density at radius 1 is 1.10 bits per heavy atom. The fraction of sp³-hybridized carbons (Fsp3) is 0. The number of carbonyl (C=O) groups excluding carboxylic acids is 1. The Kier molecular flexibility index (Phi) is 3.81. The molecule has 0 saturated heterocycles. The fourth-order valence-corrected chi connectivity index (χ4v) is 2.87. The Morgan fingerprint density at radius 3 is 2.43 bits per heavy atom. The average Bonchev–Trinajstić information content (AvgIpc) is 2.90. The van der Waals surface area contributed by atoms with E-state index in [0.717, 1.165) is 21.5 Å². The van der Waals surface area contributed by atoms with Crippen molar-refractivity contribution in [1.82, 2.24) is 9.78 Å². The summed E-state index contributed by atoms with van der Waals surface area (Å²) >= 11 is 4.44. The van der Waals surface area contributed by atoms with E-state index in [1.54, 1.807) is 12.1 Å². The van der Waals surface area contributed by atoms with Crippen molar-refractivity contribution in [1.29, 1.82) is 5.41 Å². The SMILES string of the molecule is N=c1sc(C(=O)c2ccccc2)nn1-c1ccc(Br)cc1. The Morgan fingerprint density at radius 2 is 1.76 bits per heavy atom. The van der Waals surface area contributed by atoms with Gasteiger partial charge in [-0.1, -0.05) is 57.6 Å². The van der Waals surface area contributed by atoms with Crippen LogP contribution in [0.4, 0.5) is 0 Å². The predicted molar refractivity (Wildman–Crippen MR) is 84.9 cm³/mol. The van der Waals surface area contributed by atoms with Crippen molar-refractivity contribution in [3.8, 4) is 5.69 Å². The Labute approximate surface area is 133 Å². The summed E-state index contributed by atoms with van der Waals surface area (Å²) in [4.78, 5) is 12.6. The molecule has 2 aromatic carbocycles. The molecule has 0 radical (unpaired) electrons. The van der Waals surface area contributed by atoms with Crippen molar-refractivity contribution in [3.05, 3.63) is 74.4 Å². The topological polar surface area (TPSA) is 58.7 Å². The van der Waals surface area contributed by atoms with Gasteiger partial charge < -0.3 is 0 Å². The van der Waals surface area contributed by atoms with Gasteiger partial charge >= 0.3 is 0 Å². The van der Waals surface area contributed by atoms with Crippen molar-refractivity contribution in [3.63, 3.8) is 0 Å². The summed E-state index contributed by atoms with van der Waals surface area (Å²) in [5, 5.41) is 12.6. The van der Waals surface area contributed by atoms with Gasteiger partial charge in [-0.2, -0.15) is 5.10 Å². The van der Waals surface area contributed by atoms with E-state index in [9.17, 15) is 4.79 Å². The number of halogens is 1. The first kappa shape index (κ1) is 13.9. The number of carbonyl (C=O) groups is 1. The molecule has 0 aliphatic heterocycles. The molecule has 0 spiro atoms. The summed E-state index contributed by atoms with van der Waals surface area (Å²) in [7, 11) is 0. The van der Waals surface area contributed by atoms with E-state index >= 15 is 0 Å². The van der Waals surface area contributed by atoms with E-state index in [0.29, 0.717) is 10.6 Å². The number of ketones is 1. The molecular weight excluding hydrogens is 350 g/mol. The van der Waals surface area contributed by atoms with Gasteiger partial charge in [0.15, 0.2) is 5.01 Å². The highest BCUT2D eigenvalue weighted by molar-refractivity contribution is 9.10. The maximum absolute atomic E-state index is 12.3. The Hall–Kier alpha value is -2.05. The summed E-state index contributed by atoms with van der Waals surface area (Å²) in [5.41, 5.74) is 1.33. The largest absolute Gasteiger partial charge is 0.286 e. The molecule has 104 valence electrons. The second kappa shape index (κ2) is 5.75. The molecule has 3 rings (SSSR count). The smallest absolute Gasteiger partial charge is 0.223 e. The van der Waals surface area contributed by atoms with Crippen LogP contribution in [0.1, 0.15) is 15.4 Å². The van der Waals surface area contributed by atoms with Crippen LogP contribution in [0.25, 0.3) is 5.69 Å². The monoisotopic (exact) mass is 359 g/mol. The minimum atomic E-state index is -0.162. The Bertz CT molecular complexity index is 837. The molecule has 0 amide bonds. The molecule has 0 atom stereocenters. The first-order valence-corrected chi connectivity index (χ1v) is 7.76. The van der Waals surface area contributed by atoms with Crippen LogP contribution in [0.3, 0.4) is 0 Å². The van der Waals surface area contributed by atoms with Gasteiger partial charge in [-0.3, -0.25) is 10.2 Å². The van der Waals surface area contributed by atoms with Gasteiger partial charge in [0.25, 0.3) is 0 Å². The van der Waals surface area contributed by atoms with Crippen molar-refractivity contribution >= 4 is 33.0 Å². The molecule has 0 fully saturated rings. The lowest BCUT2D eigenvalue weighted by atomic mass is 10.1. The van der Waals surface area contributed by atoms with Gasteiger partial charge in [-0.05, 0) is 24.3 Å². The third kappa shape index (κ3) is 2.86. The van der Waals surface area contributed by atoms with Crippen molar-refractivity contribution < 1.29 is 4.79 Å². The van der Waals surface area contributed by atoms with E-state index < -0.39 is 0 Å². The van der Waals surface area contributed by atoms with Gasteiger partial charge in [0.2, 0.25) is 10.6 Å². The van der Waals surface area contributed by atoms with E-state index in [1.165, 1.54) is 4.68 Å². The first-order valence-electron chi connectivity index (χ1n) is 6.15. The second-order valence-electron chi connectivity index (χ2n) is 4.30. The van der Waals surface area contributed by atoms with Gasteiger partial charge in [0.1, 0.15) is 0 Å². The molecule has 3 aromatic rings. The van der Waals surface area contributed by atoms with Gasteiger partial charge in [-0.15, -0.1) is 0 Å². The molecule has 21 heavy (non-hydrogen) atoms. The van der Waals surface area contributed by atoms with Crippen LogP contribution in [-0.2, 0) is 0 Å². The predicted octanol–water partition coefficient (Wildman–Crippen LogP) is 3.41. The van der Waals surface area contributed by atoms with Crippen molar-refractivity contribution in [2.45, 2.75) is 0 Å². The van der Waals surface area contributed by atoms with Crippen LogP contribution in [0.15, 0.2) is 59.1 Å². The highest BCUT2D eigenvalue weighted by Crippen LogP contribution is 2.15. The summed E-state index contributed by atoms with van der Waals surface area (Å²) in [6, 6.07) is 16.4. The molecule has 0 unspecified atom stereocenters. The van der Waals surface area contributed by atoms with Gasteiger partial charge in [0.05, 0.1) is 5.69 Å². The van der Waals surface area contributed by atoms with E-state index in [-0.39, 0.29) is 10.6 Å². The molecule has 0 aliphatic rings. The average molecular weight is 360 g/mol. The lowest BCUT2D eigenvalue weighted by molar-refractivity contribution is 0.103. The zero-order valence-electron chi connectivity index (χ0n) is 10.8. The lowest BCUT2D eigenvalue weighted by Crippen LogP contribution is -2.12. The first-order chi connectivity index (χ1) is 10.1. The molecule has 0 saturated carbocycles. The number of hydrogen-bond acceptors (Lipinski definition) is 4. The maximum atomic E-state index is 12.3. The van der Waals surface area contributed by atoms with Crippen LogP contribution < -0.4 is 4.80 Å². The van der Waals surface area contributed by atoms with Gasteiger partial charge in [-0.25, -0.2) is 4.68 Å². The molecule has 1 N–H and O–H groups in total. The third-order valence-electron chi connectivity index (χ3n) is 2.88. The number of hydrogen-bond donors (Lipinski definition) is 1. The summed E-state index contributed by atoms with van der Waals surface area (Å²) in [6.45, 7) is 0. The summed E-state index contributed by atoms with van der Waals surface area (Å²) in [6.07, 6.45) is 0. The van der Waals surface area contributed by atoms with Crippen LogP contribution in [0, 0.1) is 5.41 Å². The summed E-state index contributed by atoms with van der Waals surface area (Å²) in [5.74, 6) is -0.162. The number of benzene rings is 2.